The molecule has 2 aromatic rings. The Labute approximate surface area is 154 Å². The minimum absolute atomic E-state index is 0.0138. The third-order valence-electron chi connectivity index (χ3n) is 3.75. The number of nitrogens with one attached hydrogen (secondary N) is 1. The third-order valence-corrected chi connectivity index (χ3v) is 3.75. The second kappa shape index (κ2) is 8.97. The fraction of sp³-hybridized carbons (Fsp3) is 0.222. The first-order chi connectivity index (χ1) is 12.8. The van der Waals surface area contributed by atoms with E-state index in [-0.39, 0.29) is 12.3 Å². The van der Waals surface area contributed by atoms with Crippen LogP contribution in [-0.4, -0.2) is 40.0 Å². The molecule has 2 rings (SSSR count). The van der Waals surface area contributed by atoms with Crippen LogP contribution in [0.25, 0.3) is 0 Å². The number of anilines is 1. The number of aromatic carboxylic acids is 1. The van der Waals surface area contributed by atoms with Crippen molar-refractivity contribution in [2.45, 2.75) is 18.8 Å². The standard InChI is InChI=1S/C18H19FN2O6/c19-13-7-14(20)12(17(24)25)6-11(13)16(23)15(22)8-21-18(26)27-9-10-4-2-1-3-5-10/h1-7,15-16,22-23H,8-9,20H2,(H,21,26)(H,24,25). The van der Waals surface area contributed by atoms with Gasteiger partial charge in [0.15, 0.2) is 0 Å². The zero-order chi connectivity index (χ0) is 20.0. The van der Waals surface area contributed by atoms with Crippen molar-refractivity contribution in [2.24, 2.45) is 0 Å². The fourth-order valence-corrected chi connectivity index (χ4v) is 2.30. The maximum Gasteiger partial charge on any atom is 0.407 e. The molecule has 8 nitrogen and oxygen atoms in total. The van der Waals surface area contributed by atoms with Crippen molar-refractivity contribution in [2.75, 3.05) is 12.3 Å². The summed E-state index contributed by atoms with van der Waals surface area (Å²) < 4.78 is 18.9. The highest BCUT2D eigenvalue weighted by atomic mass is 19.1. The lowest BCUT2D eigenvalue weighted by molar-refractivity contribution is 0.0163. The Kier molecular flexibility index (Phi) is 6.69. The predicted molar refractivity (Wildman–Crippen MR) is 93.4 cm³/mol. The van der Waals surface area contributed by atoms with Crippen molar-refractivity contribution in [3.8, 4) is 0 Å². The number of carbonyl (C=O) groups is 2. The van der Waals surface area contributed by atoms with E-state index in [1.807, 2.05) is 6.07 Å². The molecular formula is C18H19FN2O6. The van der Waals surface area contributed by atoms with E-state index in [4.69, 9.17) is 15.6 Å². The first kappa shape index (κ1) is 20.1. The molecule has 0 aliphatic heterocycles. The first-order valence-corrected chi connectivity index (χ1v) is 7.92. The molecule has 0 aliphatic carbocycles. The molecule has 0 aromatic heterocycles. The number of rotatable bonds is 7. The van der Waals surface area contributed by atoms with Crippen LogP contribution in [0.3, 0.4) is 0 Å². The lowest BCUT2D eigenvalue weighted by Crippen LogP contribution is -2.36. The highest BCUT2D eigenvalue weighted by molar-refractivity contribution is 5.93. The van der Waals surface area contributed by atoms with E-state index >= 15 is 0 Å². The molecule has 2 aromatic carbocycles. The summed E-state index contributed by atoms with van der Waals surface area (Å²) in [5.74, 6) is -2.38. The van der Waals surface area contributed by atoms with Gasteiger partial charge in [0.1, 0.15) is 24.6 Å². The summed E-state index contributed by atoms with van der Waals surface area (Å²) in [6.45, 7) is -0.430. The summed E-state index contributed by atoms with van der Waals surface area (Å²) in [6.07, 6.45) is -4.22. The summed E-state index contributed by atoms with van der Waals surface area (Å²) >= 11 is 0. The Morgan fingerprint density at radius 2 is 1.85 bits per heavy atom. The Morgan fingerprint density at radius 3 is 2.48 bits per heavy atom. The summed E-state index contributed by atoms with van der Waals surface area (Å²) in [6, 6.07) is 10.5. The number of nitrogens with two attached hydrogens (primary N) is 1. The van der Waals surface area contributed by atoms with Crippen LogP contribution in [-0.2, 0) is 11.3 Å². The smallest absolute Gasteiger partial charge is 0.407 e. The summed E-state index contributed by atoms with van der Waals surface area (Å²) in [4.78, 5) is 22.7. The third kappa shape index (κ3) is 5.40. The fourth-order valence-electron chi connectivity index (χ4n) is 2.30. The van der Waals surface area contributed by atoms with Crippen molar-refractivity contribution >= 4 is 17.7 Å². The molecule has 0 spiro atoms. The van der Waals surface area contributed by atoms with Gasteiger partial charge in [0, 0.05) is 17.8 Å². The van der Waals surface area contributed by atoms with Crippen LogP contribution in [0.2, 0.25) is 0 Å². The Morgan fingerprint density at radius 1 is 1.19 bits per heavy atom. The topological polar surface area (TPSA) is 142 Å². The number of hydrogen-bond acceptors (Lipinski definition) is 6. The lowest BCUT2D eigenvalue weighted by atomic mass is 10.00. The quantitative estimate of drug-likeness (QED) is 0.459. The van der Waals surface area contributed by atoms with Crippen molar-refractivity contribution in [1.82, 2.24) is 5.32 Å². The second-order valence-electron chi connectivity index (χ2n) is 5.72. The molecule has 9 heteroatoms. The van der Waals surface area contributed by atoms with E-state index < -0.39 is 47.8 Å². The van der Waals surface area contributed by atoms with E-state index in [0.717, 1.165) is 17.7 Å². The van der Waals surface area contributed by atoms with Crippen LogP contribution >= 0.6 is 0 Å². The maximum absolute atomic E-state index is 14.0. The predicted octanol–water partition coefficient (Wildman–Crippen LogP) is 1.43. The zero-order valence-corrected chi connectivity index (χ0v) is 14.1. The van der Waals surface area contributed by atoms with Gasteiger partial charge in [-0.1, -0.05) is 30.3 Å². The largest absolute Gasteiger partial charge is 0.478 e. The van der Waals surface area contributed by atoms with Crippen LogP contribution in [0.1, 0.15) is 27.6 Å². The van der Waals surface area contributed by atoms with Crippen LogP contribution in [0.4, 0.5) is 14.9 Å². The van der Waals surface area contributed by atoms with Gasteiger partial charge < -0.3 is 31.1 Å². The van der Waals surface area contributed by atoms with Crippen molar-refractivity contribution in [3.05, 3.63) is 65.0 Å². The Hall–Kier alpha value is -3.17. The molecular weight excluding hydrogens is 359 g/mol. The summed E-state index contributed by atoms with van der Waals surface area (Å²) in [5.41, 5.74) is 5.00. The van der Waals surface area contributed by atoms with Gasteiger partial charge in [0.25, 0.3) is 0 Å². The van der Waals surface area contributed by atoms with Gasteiger partial charge in [0.05, 0.1) is 5.56 Å². The van der Waals surface area contributed by atoms with Crippen LogP contribution < -0.4 is 11.1 Å². The van der Waals surface area contributed by atoms with Crippen LogP contribution in [0, 0.1) is 5.82 Å². The molecule has 1 amide bonds. The van der Waals surface area contributed by atoms with Crippen LogP contribution in [0.15, 0.2) is 42.5 Å². The second-order valence-corrected chi connectivity index (χ2v) is 5.72. The molecule has 0 radical (unpaired) electrons. The van der Waals surface area contributed by atoms with Gasteiger partial charge in [-0.25, -0.2) is 14.0 Å². The van der Waals surface area contributed by atoms with E-state index in [9.17, 15) is 24.2 Å². The maximum atomic E-state index is 14.0. The molecule has 0 fully saturated rings. The van der Waals surface area contributed by atoms with Gasteiger partial charge >= 0.3 is 12.1 Å². The van der Waals surface area contributed by atoms with Gasteiger partial charge in [-0.15, -0.1) is 0 Å². The van der Waals surface area contributed by atoms with Gasteiger partial charge in [-0.05, 0) is 17.7 Å². The van der Waals surface area contributed by atoms with Crippen molar-refractivity contribution in [1.29, 1.82) is 0 Å². The number of alkyl carbamates (subject to hydrolysis) is 1. The monoisotopic (exact) mass is 378 g/mol. The van der Waals surface area contributed by atoms with Gasteiger partial charge in [0.2, 0.25) is 0 Å². The number of carbonyl (C=O) groups excluding carboxylic acids is 1. The van der Waals surface area contributed by atoms with E-state index in [1.165, 1.54) is 0 Å². The molecule has 2 unspecified atom stereocenters. The Bertz CT molecular complexity index is 815. The van der Waals surface area contributed by atoms with Crippen molar-refractivity contribution in [3.63, 3.8) is 0 Å². The molecule has 0 saturated carbocycles. The number of amides is 1. The average molecular weight is 378 g/mol. The lowest BCUT2D eigenvalue weighted by Gasteiger charge is -2.20. The van der Waals surface area contributed by atoms with Gasteiger partial charge in [-0.2, -0.15) is 0 Å². The number of ether oxygens (including phenoxy) is 1. The first-order valence-electron chi connectivity index (χ1n) is 7.92. The molecule has 144 valence electrons. The minimum Gasteiger partial charge on any atom is -0.478 e. The number of hydrogen-bond donors (Lipinski definition) is 5. The summed E-state index contributed by atoms with van der Waals surface area (Å²) in [5, 5.41) is 31.3. The molecule has 2 atom stereocenters. The zero-order valence-electron chi connectivity index (χ0n) is 14.1. The molecule has 0 aliphatic rings. The minimum atomic E-state index is -1.78. The average Bonchev–Trinajstić information content (AvgIpc) is 2.64. The van der Waals surface area contributed by atoms with Crippen LogP contribution in [0.5, 0.6) is 0 Å². The highest BCUT2D eigenvalue weighted by Crippen LogP contribution is 2.25. The number of carboxylic acid groups (broad SMARTS) is 1. The van der Waals surface area contributed by atoms with Crippen molar-refractivity contribution < 1.29 is 34.0 Å². The normalized spacial score (nSPS) is 12.9. The Balaban J connectivity index is 1.93. The number of carboxylic acids is 1. The number of aliphatic hydroxyl groups excluding tert-OH is 2. The van der Waals surface area contributed by atoms with E-state index in [1.54, 1.807) is 24.3 Å². The molecule has 0 heterocycles. The number of nitrogen functional groups attached to an aromatic ring is 1. The SMILES string of the molecule is Nc1cc(F)c(C(O)C(O)CNC(=O)OCc2ccccc2)cc1C(=O)O. The van der Waals surface area contributed by atoms with E-state index in [0.29, 0.717) is 0 Å². The molecule has 0 saturated heterocycles. The number of halogens is 1. The summed E-state index contributed by atoms with van der Waals surface area (Å²) in [7, 11) is 0. The van der Waals surface area contributed by atoms with Gasteiger partial charge in [-0.3, -0.25) is 0 Å². The number of benzene rings is 2. The molecule has 27 heavy (non-hydrogen) atoms. The number of aliphatic hydroxyl groups is 2. The highest BCUT2D eigenvalue weighted by Gasteiger charge is 2.25. The molecule has 6 N–H and O–H groups in total. The molecule has 0 bridgehead atoms. The van der Waals surface area contributed by atoms with E-state index in [2.05, 4.69) is 5.32 Å².